The second-order valence-electron chi connectivity index (χ2n) is 2.01. The maximum Gasteiger partial charge on any atom is 0.307 e. The van der Waals surface area contributed by atoms with Gasteiger partial charge in [0, 0.05) is 0 Å². The van der Waals surface area contributed by atoms with E-state index in [0.717, 1.165) is 0 Å². The molecule has 0 rings (SSSR count). The summed E-state index contributed by atoms with van der Waals surface area (Å²) in [6.07, 6.45) is 0.143. The van der Waals surface area contributed by atoms with Gasteiger partial charge in [-0.1, -0.05) is 0 Å². The average molecular weight is 245 g/mol. The third-order valence-electron chi connectivity index (χ3n) is 1.10. The van der Waals surface area contributed by atoms with Crippen LogP contribution in [0.4, 0.5) is 0 Å². The topological polar surface area (TPSA) is 115 Å². The van der Waals surface area contributed by atoms with Crippen LogP contribution in [0.2, 0.25) is 0 Å². The summed E-state index contributed by atoms with van der Waals surface area (Å²) < 4.78 is 4.36. The van der Waals surface area contributed by atoms with Gasteiger partial charge in [-0.25, -0.2) is 0 Å². The molecule has 0 unspecified atom stereocenters. The van der Waals surface area contributed by atoms with Crippen LogP contribution in [-0.4, -0.2) is 31.3 Å². The molecule has 6 nitrogen and oxygen atoms in total. The number of methoxy groups -OCH3 is 1. The van der Waals surface area contributed by atoms with Crippen molar-refractivity contribution in [2.24, 2.45) is 16.5 Å². The lowest BCUT2D eigenvalue weighted by atomic mass is 10.4. The van der Waals surface area contributed by atoms with E-state index < -0.39 is 0 Å². The fraction of sp³-hybridized carbons (Fsp3) is 0.500. The molecular weight excluding hydrogens is 231 g/mol. The molecule has 0 aliphatic heterocycles. The predicted molar refractivity (Wildman–Crippen MR) is 59.5 cm³/mol. The monoisotopic (exact) mass is 244 g/mol. The molecule has 0 aromatic rings. The Bertz CT molecular complexity index is 220. The van der Waals surface area contributed by atoms with E-state index in [1.807, 2.05) is 0 Å². The van der Waals surface area contributed by atoms with Crippen LogP contribution < -0.4 is 11.5 Å². The zero-order chi connectivity index (χ0) is 9.56. The number of nitrogens with one attached hydrogen (secondary N) is 1. The van der Waals surface area contributed by atoms with E-state index in [0.29, 0.717) is 0 Å². The number of aliphatic imine (C=N–C) groups is 1. The van der Waals surface area contributed by atoms with Gasteiger partial charge >= 0.3 is 5.97 Å². The molecule has 0 fully saturated rings. The van der Waals surface area contributed by atoms with Gasteiger partial charge in [-0.15, -0.1) is 24.8 Å². The molecule has 0 spiro atoms. The summed E-state index contributed by atoms with van der Waals surface area (Å²) in [5.41, 5.74) is 10.2. The standard InChI is InChI=1S/C6H12N4O2.2ClH/c1-12-4(11)2-3-10-6(9)5(7)8;;/h2-3H2,1H3,(H3,7,8)(H2,9,10);2*1H. The number of nitrogens with zero attached hydrogens (tertiary/aromatic N) is 1. The number of carbonyl (C=O) groups excluding carboxylic acids is 1. The van der Waals surface area contributed by atoms with E-state index in [1.54, 1.807) is 0 Å². The maximum atomic E-state index is 10.5. The summed E-state index contributed by atoms with van der Waals surface area (Å²) in [6, 6.07) is 0. The number of hydrogen-bond donors (Lipinski definition) is 3. The van der Waals surface area contributed by atoms with E-state index in [9.17, 15) is 4.79 Å². The molecule has 14 heavy (non-hydrogen) atoms. The lowest BCUT2D eigenvalue weighted by Crippen LogP contribution is -2.30. The lowest BCUT2D eigenvalue weighted by Gasteiger charge is -1.97. The van der Waals surface area contributed by atoms with Crippen LogP contribution >= 0.6 is 24.8 Å². The molecule has 0 bridgehead atoms. The molecule has 0 amide bonds. The number of nitrogens with two attached hydrogens (primary N) is 2. The zero-order valence-corrected chi connectivity index (χ0v) is 9.28. The summed E-state index contributed by atoms with van der Waals surface area (Å²) in [5.74, 6) is -0.714. The Labute approximate surface area is 94.4 Å². The van der Waals surface area contributed by atoms with Crippen molar-refractivity contribution in [2.45, 2.75) is 6.42 Å². The third kappa shape index (κ3) is 9.08. The fourth-order valence-electron chi connectivity index (χ4n) is 0.455. The molecule has 0 atom stereocenters. The molecular formula is C6H14Cl2N4O2. The fourth-order valence-corrected chi connectivity index (χ4v) is 0.455. The van der Waals surface area contributed by atoms with Crippen molar-refractivity contribution in [3.63, 3.8) is 0 Å². The summed E-state index contributed by atoms with van der Waals surface area (Å²) in [5, 5.41) is 6.84. The van der Waals surface area contributed by atoms with Crippen LogP contribution in [0.5, 0.6) is 0 Å². The zero-order valence-electron chi connectivity index (χ0n) is 7.65. The average Bonchev–Trinajstić information content (AvgIpc) is 2.03. The van der Waals surface area contributed by atoms with Gasteiger partial charge in [-0.05, 0) is 0 Å². The van der Waals surface area contributed by atoms with Crippen molar-refractivity contribution in [3.8, 4) is 0 Å². The van der Waals surface area contributed by atoms with Crippen molar-refractivity contribution in [3.05, 3.63) is 0 Å². The molecule has 84 valence electrons. The summed E-state index contributed by atoms with van der Waals surface area (Å²) in [7, 11) is 1.29. The highest BCUT2D eigenvalue weighted by atomic mass is 35.5. The first-order valence-electron chi connectivity index (χ1n) is 3.29. The van der Waals surface area contributed by atoms with Gasteiger partial charge in [-0.3, -0.25) is 15.2 Å². The molecule has 0 saturated heterocycles. The predicted octanol–water partition coefficient (Wildman–Crippen LogP) is -0.314. The van der Waals surface area contributed by atoms with E-state index in [4.69, 9.17) is 16.9 Å². The molecule has 0 aromatic carbocycles. The Kier molecular flexibility index (Phi) is 13.5. The van der Waals surface area contributed by atoms with Gasteiger partial charge in [0.15, 0.2) is 11.7 Å². The van der Waals surface area contributed by atoms with Gasteiger partial charge in [0.05, 0.1) is 20.1 Å². The molecule has 0 aliphatic rings. The Hall–Kier alpha value is -1.01. The Morgan fingerprint density at radius 3 is 2.29 bits per heavy atom. The number of hydrogen-bond acceptors (Lipinski definition) is 4. The number of amidine groups is 2. The van der Waals surface area contributed by atoms with Crippen molar-refractivity contribution in [2.75, 3.05) is 13.7 Å². The second-order valence-corrected chi connectivity index (χ2v) is 2.01. The normalized spacial score (nSPS) is 9.36. The van der Waals surface area contributed by atoms with Crippen LogP contribution in [0.1, 0.15) is 6.42 Å². The summed E-state index contributed by atoms with van der Waals surface area (Å²) in [6.45, 7) is 0.193. The molecule has 0 saturated carbocycles. The van der Waals surface area contributed by atoms with Gasteiger partial charge in [0.1, 0.15) is 0 Å². The van der Waals surface area contributed by atoms with Gasteiger partial charge in [-0.2, -0.15) is 0 Å². The SMILES string of the molecule is COC(=O)CCN=C(N)C(=N)N.Cl.Cl. The van der Waals surface area contributed by atoms with Crippen LogP contribution in [0.25, 0.3) is 0 Å². The minimum absolute atomic E-state index is 0. The Morgan fingerprint density at radius 2 is 1.93 bits per heavy atom. The van der Waals surface area contributed by atoms with Crippen LogP contribution in [0.3, 0.4) is 0 Å². The first-order valence-corrected chi connectivity index (χ1v) is 3.29. The van der Waals surface area contributed by atoms with Crippen molar-refractivity contribution < 1.29 is 9.53 Å². The first kappa shape index (κ1) is 18.7. The van der Waals surface area contributed by atoms with Crippen LogP contribution in [0.15, 0.2) is 4.99 Å². The van der Waals surface area contributed by atoms with E-state index in [1.165, 1.54) is 7.11 Å². The lowest BCUT2D eigenvalue weighted by molar-refractivity contribution is -0.140. The largest absolute Gasteiger partial charge is 0.469 e. The highest BCUT2D eigenvalue weighted by Crippen LogP contribution is 1.84. The van der Waals surface area contributed by atoms with Crippen LogP contribution in [0, 0.1) is 5.41 Å². The molecule has 0 aliphatic carbocycles. The van der Waals surface area contributed by atoms with Crippen molar-refractivity contribution in [1.82, 2.24) is 0 Å². The van der Waals surface area contributed by atoms with Crippen molar-refractivity contribution in [1.29, 1.82) is 5.41 Å². The first-order chi connectivity index (χ1) is 5.57. The van der Waals surface area contributed by atoms with Gasteiger partial charge in [0.2, 0.25) is 0 Å². The van der Waals surface area contributed by atoms with E-state index >= 15 is 0 Å². The number of halogens is 2. The maximum absolute atomic E-state index is 10.5. The highest BCUT2D eigenvalue weighted by molar-refractivity contribution is 6.37. The quantitative estimate of drug-likeness (QED) is 0.359. The number of rotatable bonds is 3. The molecule has 0 radical (unpaired) electrons. The minimum atomic E-state index is -0.366. The van der Waals surface area contributed by atoms with E-state index in [-0.39, 0.29) is 55.4 Å². The summed E-state index contributed by atoms with van der Waals surface area (Å²) in [4.78, 5) is 14.2. The number of ether oxygens (including phenoxy) is 1. The second kappa shape index (κ2) is 10.1. The highest BCUT2D eigenvalue weighted by Gasteiger charge is 1.99. The Morgan fingerprint density at radius 1 is 1.43 bits per heavy atom. The van der Waals surface area contributed by atoms with Crippen molar-refractivity contribution >= 4 is 42.5 Å². The van der Waals surface area contributed by atoms with Crippen LogP contribution in [-0.2, 0) is 9.53 Å². The molecule has 0 aromatic heterocycles. The van der Waals surface area contributed by atoms with Gasteiger partial charge < -0.3 is 16.2 Å². The molecule has 0 heterocycles. The Balaban J connectivity index is -0.000000605. The molecule has 8 heteroatoms. The minimum Gasteiger partial charge on any atom is -0.469 e. The van der Waals surface area contributed by atoms with Gasteiger partial charge in [0.25, 0.3) is 0 Å². The third-order valence-corrected chi connectivity index (χ3v) is 1.10. The van der Waals surface area contributed by atoms with E-state index in [2.05, 4.69) is 9.73 Å². The summed E-state index contributed by atoms with van der Waals surface area (Å²) >= 11 is 0. The number of esters is 1. The molecule has 5 N–H and O–H groups in total. The smallest absolute Gasteiger partial charge is 0.307 e. The number of carbonyl (C=O) groups is 1.